The normalized spacial score (nSPS) is 13.2. The van der Waals surface area contributed by atoms with Gasteiger partial charge in [-0.2, -0.15) is 4.80 Å². The number of tetrazole rings is 1. The molecular weight excluding hydrogens is 363 g/mol. The van der Waals surface area contributed by atoms with Gasteiger partial charge in [0.05, 0.1) is 0 Å². The lowest BCUT2D eigenvalue weighted by atomic mass is 10.2. The maximum absolute atomic E-state index is 13.3. The predicted molar refractivity (Wildman–Crippen MR) is 98.8 cm³/mol. The van der Waals surface area contributed by atoms with Crippen LogP contribution in [0.5, 0.6) is 0 Å². The van der Waals surface area contributed by atoms with Gasteiger partial charge in [-0.1, -0.05) is 18.2 Å². The number of hydrogen-bond acceptors (Lipinski definition) is 5. The van der Waals surface area contributed by atoms with Gasteiger partial charge in [0.1, 0.15) is 12.4 Å². The van der Waals surface area contributed by atoms with Gasteiger partial charge in [0, 0.05) is 22.9 Å². The van der Waals surface area contributed by atoms with Gasteiger partial charge in [-0.25, -0.2) is 4.39 Å². The van der Waals surface area contributed by atoms with Crippen LogP contribution in [0.2, 0.25) is 0 Å². The first-order chi connectivity index (χ1) is 13.6. The quantitative estimate of drug-likeness (QED) is 0.681. The maximum Gasteiger partial charge on any atom is 0.251 e. The summed E-state index contributed by atoms with van der Waals surface area (Å²) in [6.45, 7) is -0.166. The molecule has 0 bridgehead atoms. The van der Waals surface area contributed by atoms with Crippen molar-refractivity contribution in [1.82, 2.24) is 25.5 Å². The Bertz CT molecular complexity index is 1030. The monoisotopic (exact) mass is 380 g/mol. The second kappa shape index (κ2) is 7.55. The van der Waals surface area contributed by atoms with E-state index in [1.54, 1.807) is 36.4 Å². The molecule has 1 aliphatic carbocycles. The summed E-state index contributed by atoms with van der Waals surface area (Å²) in [6.07, 6.45) is 2.01. The van der Waals surface area contributed by atoms with E-state index in [9.17, 15) is 14.0 Å². The van der Waals surface area contributed by atoms with Crippen LogP contribution in [0.3, 0.4) is 0 Å². The smallest absolute Gasteiger partial charge is 0.251 e. The Hall–Kier alpha value is -3.62. The molecule has 1 aliphatic rings. The number of rotatable bonds is 6. The highest BCUT2D eigenvalue weighted by molar-refractivity contribution is 5.97. The molecule has 0 aliphatic heterocycles. The number of carbonyl (C=O) groups is 2. The molecule has 28 heavy (non-hydrogen) atoms. The third-order valence-electron chi connectivity index (χ3n) is 4.14. The predicted octanol–water partition coefficient (Wildman–Crippen LogP) is 2.01. The highest BCUT2D eigenvalue weighted by atomic mass is 19.1. The van der Waals surface area contributed by atoms with Crippen LogP contribution in [0.15, 0.2) is 48.5 Å². The molecule has 9 heteroatoms. The minimum Gasteiger partial charge on any atom is -0.349 e. The van der Waals surface area contributed by atoms with Crippen LogP contribution in [0.25, 0.3) is 11.4 Å². The third kappa shape index (κ3) is 4.37. The van der Waals surface area contributed by atoms with Crippen LogP contribution < -0.4 is 10.6 Å². The first-order valence-electron chi connectivity index (χ1n) is 8.81. The van der Waals surface area contributed by atoms with Gasteiger partial charge in [-0.3, -0.25) is 9.59 Å². The molecule has 1 saturated carbocycles. The van der Waals surface area contributed by atoms with Crippen molar-refractivity contribution in [3.05, 3.63) is 59.9 Å². The second-order valence-electron chi connectivity index (χ2n) is 6.53. The fraction of sp³-hybridized carbons (Fsp3) is 0.211. The number of amides is 2. The molecule has 2 aromatic carbocycles. The summed E-state index contributed by atoms with van der Waals surface area (Å²) in [5, 5.41) is 17.4. The topological polar surface area (TPSA) is 102 Å². The van der Waals surface area contributed by atoms with Crippen molar-refractivity contribution in [2.24, 2.45) is 0 Å². The largest absolute Gasteiger partial charge is 0.349 e. The second-order valence-corrected chi connectivity index (χ2v) is 6.53. The lowest BCUT2D eigenvalue weighted by Gasteiger charge is -2.07. The van der Waals surface area contributed by atoms with E-state index in [2.05, 4.69) is 26.0 Å². The molecule has 142 valence electrons. The molecular formula is C19H17FN6O2. The minimum atomic E-state index is -0.405. The minimum absolute atomic E-state index is 0.156. The van der Waals surface area contributed by atoms with E-state index in [4.69, 9.17) is 0 Å². The van der Waals surface area contributed by atoms with Crippen molar-refractivity contribution in [1.29, 1.82) is 0 Å². The van der Waals surface area contributed by atoms with Gasteiger partial charge >= 0.3 is 0 Å². The van der Waals surface area contributed by atoms with E-state index >= 15 is 0 Å². The van der Waals surface area contributed by atoms with Crippen LogP contribution in [0.1, 0.15) is 23.2 Å². The number of benzene rings is 2. The zero-order valence-electron chi connectivity index (χ0n) is 14.8. The van der Waals surface area contributed by atoms with E-state index in [1.807, 2.05) is 0 Å². The molecule has 3 aromatic rings. The van der Waals surface area contributed by atoms with Crippen molar-refractivity contribution in [3.8, 4) is 11.4 Å². The van der Waals surface area contributed by atoms with E-state index in [0.717, 1.165) is 17.6 Å². The first-order valence-corrected chi connectivity index (χ1v) is 8.81. The van der Waals surface area contributed by atoms with Gasteiger partial charge < -0.3 is 10.6 Å². The van der Waals surface area contributed by atoms with Crippen molar-refractivity contribution in [3.63, 3.8) is 0 Å². The summed E-state index contributed by atoms with van der Waals surface area (Å²) in [6, 6.07) is 12.8. The van der Waals surface area contributed by atoms with Crippen LogP contribution in [0, 0.1) is 5.82 Å². The number of carbonyl (C=O) groups excluding carboxylic acids is 2. The molecule has 2 amide bonds. The van der Waals surface area contributed by atoms with E-state index in [-0.39, 0.29) is 30.2 Å². The molecule has 1 heterocycles. The Morgan fingerprint density at radius 1 is 1.14 bits per heavy atom. The van der Waals surface area contributed by atoms with Gasteiger partial charge in [-0.15, -0.1) is 10.2 Å². The van der Waals surface area contributed by atoms with Crippen molar-refractivity contribution in [2.45, 2.75) is 25.4 Å². The van der Waals surface area contributed by atoms with Crippen LogP contribution >= 0.6 is 0 Å². The third-order valence-corrected chi connectivity index (χ3v) is 4.14. The van der Waals surface area contributed by atoms with Crippen molar-refractivity contribution >= 4 is 17.5 Å². The fourth-order valence-electron chi connectivity index (χ4n) is 2.62. The standard InChI is InChI=1S/C19H17FN6O2/c20-14-5-1-3-12(9-14)18-23-25-26(24-18)11-17(27)21-16-6-2-4-13(10-16)19(28)22-15-7-8-15/h1-6,9-10,15H,7-8,11H2,(H,21,27)(H,22,28). The zero-order valence-corrected chi connectivity index (χ0v) is 14.8. The molecule has 0 atom stereocenters. The molecule has 8 nitrogen and oxygen atoms in total. The molecule has 0 unspecified atom stereocenters. The molecule has 4 rings (SSSR count). The Labute approximate surface area is 159 Å². The number of hydrogen-bond donors (Lipinski definition) is 2. The maximum atomic E-state index is 13.3. The van der Waals surface area contributed by atoms with E-state index < -0.39 is 5.82 Å². The number of aromatic nitrogens is 4. The SMILES string of the molecule is O=C(Cn1nnc(-c2cccc(F)c2)n1)Nc1cccc(C(=O)NC2CC2)c1. The summed E-state index contributed by atoms with van der Waals surface area (Å²) >= 11 is 0. The van der Waals surface area contributed by atoms with E-state index in [0.29, 0.717) is 16.8 Å². The molecule has 0 spiro atoms. The van der Waals surface area contributed by atoms with Crippen molar-refractivity contribution in [2.75, 3.05) is 5.32 Å². The molecule has 1 fully saturated rings. The number of halogens is 1. The van der Waals surface area contributed by atoms with Gasteiger partial charge in [0.25, 0.3) is 5.91 Å². The van der Waals surface area contributed by atoms with E-state index in [1.165, 1.54) is 12.1 Å². The Morgan fingerprint density at radius 3 is 2.75 bits per heavy atom. The highest BCUT2D eigenvalue weighted by Crippen LogP contribution is 2.20. The van der Waals surface area contributed by atoms with Gasteiger partial charge in [-0.05, 0) is 48.4 Å². The fourth-order valence-corrected chi connectivity index (χ4v) is 2.62. The average molecular weight is 380 g/mol. The van der Waals surface area contributed by atoms with Gasteiger partial charge in [0.2, 0.25) is 11.7 Å². The Kier molecular flexibility index (Phi) is 4.79. The number of nitrogens with zero attached hydrogens (tertiary/aromatic N) is 4. The highest BCUT2D eigenvalue weighted by Gasteiger charge is 2.23. The van der Waals surface area contributed by atoms with Crippen LogP contribution in [0.4, 0.5) is 10.1 Å². The number of anilines is 1. The molecule has 0 radical (unpaired) electrons. The van der Waals surface area contributed by atoms with Crippen LogP contribution in [-0.2, 0) is 11.3 Å². The van der Waals surface area contributed by atoms with Crippen LogP contribution in [-0.4, -0.2) is 38.1 Å². The lowest BCUT2D eigenvalue weighted by Crippen LogP contribution is -2.25. The summed E-state index contributed by atoms with van der Waals surface area (Å²) in [4.78, 5) is 25.5. The Morgan fingerprint density at radius 2 is 1.96 bits per heavy atom. The summed E-state index contributed by atoms with van der Waals surface area (Å²) < 4.78 is 13.3. The lowest BCUT2D eigenvalue weighted by molar-refractivity contribution is -0.117. The Balaban J connectivity index is 1.39. The summed E-state index contributed by atoms with van der Waals surface area (Å²) in [5.41, 5.74) is 1.46. The van der Waals surface area contributed by atoms with Gasteiger partial charge in [0.15, 0.2) is 0 Å². The zero-order chi connectivity index (χ0) is 19.5. The number of nitrogens with one attached hydrogen (secondary N) is 2. The molecule has 1 aromatic heterocycles. The van der Waals surface area contributed by atoms with Crippen molar-refractivity contribution < 1.29 is 14.0 Å². The first kappa shape index (κ1) is 17.8. The summed E-state index contributed by atoms with van der Waals surface area (Å²) in [5.74, 6) is -0.706. The molecule has 0 saturated heterocycles. The average Bonchev–Trinajstić information content (AvgIpc) is 3.37. The molecule has 2 N–H and O–H groups in total. The summed E-state index contributed by atoms with van der Waals surface area (Å²) in [7, 11) is 0.